The van der Waals surface area contributed by atoms with Crippen molar-refractivity contribution in [2.24, 2.45) is 0 Å². The van der Waals surface area contributed by atoms with Gasteiger partial charge in [0.1, 0.15) is 6.61 Å². The summed E-state index contributed by atoms with van der Waals surface area (Å²) >= 11 is 0. The van der Waals surface area contributed by atoms with E-state index in [2.05, 4.69) is 22.8 Å². The third kappa shape index (κ3) is 9.03. The lowest BCUT2D eigenvalue weighted by Gasteiger charge is -2.15. The summed E-state index contributed by atoms with van der Waals surface area (Å²) in [5, 5.41) is 14.0. The molecule has 4 amide bonds. The van der Waals surface area contributed by atoms with Gasteiger partial charge in [0.05, 0.1) is 5.56 Å². The molecule has 0 saturated heterocycles. The summed E-state index contributed by atoms with van der Waals surface area (Å²) in [6, 6.07) is 13.7. The Hall–Kier alpha value is -3.72. The molecule has 0 aliphatic carbocycles. The van der Waals surface area contributed by atoms with Crippen LogP contribution in [0.15, 0.2) is 48.5 Å². The minimum Gasteiger partial charge on any atom is -0.478 e. The number of urea groups is 1. The summed E-state index contributed by atoms with van der Waals surface area (Å²) in [6.07, 6.45) is 4.53. The van der Waals surface area contributed by atoms with Crippen molar-refractivity contribution < 1.29 is 29.0 Å². The molecule has 0 spiro atoms. The minimum absolute atomic E-state index is 0.0824. The number of imide groups is 1. The van der Waals surface area contributed by atoms with Gasteiger partial charge >= 0.3 is 12.0 Å². The summed E-state index contributed by atoms with van der Waals surface area (Å²) < 4.78 is 5.48. The van der Waals surface area contributed by atoms with Crippen LogP contribution in [0.5, 0.6) is 0 Å². The number of nitrogens with one attached hydrogen (secondary N) is 2. The van der Waals surface area contributed by atoms with Gasteiger partial charge in [-0.05, 0) is 67.5 Å². The first-order valence-electron chi connectivity index (χ1n) is 11.2. The number of benzene rings is 2. The average molecular weight is 470 g/mol. The van der Waals surface area contributed by atoms with Crippen molar-refractivity contribution in [3.8, 4) is 0 Å². The summed E-state index contributed by atoms with van der Waals surface area (Å²) in [4.78, 5) is 46.5. The molecule has 0 aliphatic rings. The van der Waals surface area contributed by atoms with Crippen LogP contribution in [0.2, 0.25) is 0 Å². The van der Waals surface area contributed by atoms with Gasteiger partial charge in [0.15, 0.2) is 0 Å². The number of carboxylic acids is 1. The van der Waals surface area contributed by atoms with Gasteiger partial charge in [-0.1, -0.05) is 24.3 Å². The van der Waals surface area contributed by atoms with Crippen LogP contribution >= 0.6 is 0 Å². The van der Waals surface area contributed by atoms with Crippen LogP contribution in [-0.4, -0.2) is 61.1 Å². The molecule has 0 atom stereocenters. The molecule has 0 aliphatic heterocycles. The molecule has 2 aromatic rings. The third-order valence-corrected chi connectivity index (χ3v) is 5.20. The van der Waals surface area contributed by atoms with Gasteiger partial charge in [0, 0.05) is 25.9 Å². The number of carboxylic acid groups (broad SMARTS) is 1. The highest BCUT2D eigenvalue weighted by Crippen LogP contribution is 2.15. The zero-order valence-electron chi connectivity index (χ0n) is 19.3. The van der Waals surface area contributed by atoms with E-state index in [4.69, 9.17) is 9.84 Å². The van der Waals surface area contributed by atoms with Crippen LogP contribution in [0, 0.1) is 0 Å². The number of aromatic carboxylic acids is 1. The van der Waals surface area contributed by atoms with Crippen molar-refractivity contribution in [1.82, 2.24) is 10.2 Å². The summed E-state index contributed by atoms with van der Waals surface area (Å²) in [5.41, 5.74) is 3.11. The van der Waals surface area contributed by atoms with E-state index in [0.29, 0.717) is 25.2 Å². The monoisotopic (exact) mass is 469 g/mol. The number of ether oxygens (including phenoxy) is 1. The smallest absolute Gasteiger partial charge is 0.335 e. The summed E-state index contributed by atoms with van der Waals surface area (Å²) in [5.74, 6) is -1.32. The second-order valence-electron chi connectivity index (χ2n) is 7.67. The molecule has 9 nitrogen and oxygen atoms in total. The number of amides is 4. The Bertz CT molecular complexity index is 961. The van der Waals surface area contributed by atoms with E-state index in [0.717, 1.165) is 37.0 Å². The van der Waals surface area contributed by atoms with Crippen LogP contribution in [0.1, 0.15) is 40.7 Å². The van der Waals surface area contributed by atoms with Gasteiger partial charge < -0.3 is 20.5 Å². The third-order valence-electron chi connectivity index (χ3n) is 5.20. The first-order valence-corrected chi connectivity index (χ1v) is 11.2. The predicted octanol–water partition coefficient (Wildman–Crippen LogP) is 3.09. The van der Waals surface area contributed by atoms with Crippen molar-refractivity contribution in [3.63, 3.8) is 0 Å². The molecule has 2 rings (SSSR count). The van der Waals surface area contributed by atoms with Gasteiger partial charge in [0.2, 0.25) is 12.3 Å². The van der Waals surface area contributed by atoms with E-state index in [1.807, 2.05) is 12.1 Å². The number of unbranched alkanes of at least 4 members (excludes halogenated alkanes) is 1. The quantitative estimate of drug-likeness (QED) is 0.288. The van der Waals surface area contributed by atoms with Crippen molar-refractivity contribution in [1.29, 1.82) is 0 Å². The second kappa shape index (κ2) is 14.4. The van der Waals surface area contributed by atoms with Gasteiger partial charge in [-0.3, -0.25) is 14.5 Å². The average Bonchev–Trinajstić information content (AvgIpc) is 2.84. The maximum absolute atomic E-state index is 12.0. The Labute approximate surface area is 199 Å². The van der Waals surface area contributed by atoms with Crippen molar-refractivity contribution in [2.75, 3.05) is 32.1 Å². The number of nitrogens with zero attached hydrogens (tertiary/aromatic N) is 1. The molecule has 0 radical (unpaired) electrons. The fraction of sp³-hybridized carbons (Fsp3) is 0.360. The summed E-state index contributed by atoms with van der Waals surface area (Å²) in [6.45, 7) is 0.728. The standard InChI is InChI=1S/C25H31N3O6/c1-26-25(33)28(18-29)15-5-4-9-19-7-2-3-8-20(19)10-6-16-34-17-23(30)27-22-13-11-21(12-14-22)24(31)32/h2-3,7-8,11-14,18H,4-6,9-10,15-17H2,1H3,(H,26,33)(H,27,30)(H,31,32). The lowest BCUT2D eigenvalue weighted by Crippen LogP contribution is -2.37. The molecule has 9 heteroatoms. The fourth-order valence-electron chi connectivity index (χ4n) is 3.41. The van der Waals surface area contributed by atoms with Crippen LogP contribution in [0.3, 0.4) is 0 Å². The first-order chi connectivity index (χ1) is 16.4. The van der Waals surface area contributed by atoms with Crippen LogP contribution in [-0.2, 0) is 27.2 Å². The maximum atomic E-state index is 12.0. The van der Waals surface area contributed by atoms with Crippen molar-refractivity contribution in [2.45, 2.75) is 32.1 Å². The molecule has 0 bridgehead atoms. The molecule has 2 aromatic carbocycles. The zero-order valence-corrected chi connectivity index (χ0v) is 19.3. The number of carbonyl (C=O) groups excluding carboxylic acids is 3. The molecule has 182 valence electrons. The normalized spacial score (nSPS) is 10.4. The molecule has 0 fully saturated rings. The lowest BCUT2D eigenvalue weighted by molar-refractivity contribution is -0.120. The Morgan fingerprint density at radius 1 is 0.971 bits per heavy atom. The van der Waals surface area contributed by atoms with E-state index >= 15 is 0 Å². The highest BCUT2D eigenvalue weighted by molar-refractivity contribution is 5.93. The number of hydrogen-bond donors (Lipinski definition) is 3. The van der Waals surface area contributed by atoms with Crippen molar-refractivity contribution >= 4 is 30.0 Å². The molecule has 0 unspecified atom stereocenters. The van der Waals surface area contributed by atoms with E-state index in [1.165, 1.54) is 42.4 Å². The molecule has 0 heterocycles. The van der Waals surface area contributed by atoms with Gasteiger partial charge in [-0.2, -0.15) is 0 Å². The highest BCUT2D eigenvalue weighted by Gasteiger charge is 2.10. The number of carbonyl (C=O) groups is 4. The molecule has 3 N–H and O–H groups in total. The largest absolute Gasteiger partial charge is 0.478 e. The van der Waals surface area contributed by atoms with Crippen LogP contribution in [0.4, 0.5) is 10.5 Å². The molecule has 0 saturated carbocycles. The second-order valence-corrected chi connectivity index (χ2v) is 7.67. The van der Waals surface area contributed by atoms with Gasteiger partial charge in [0.25, 0.3) is 0 Å². The number of hydrogen-bond acceptors (Lipinski definition) is 5. The fourth-order valence-corrected chi connectivity index (χ4v) is 3.41. The van der Waals surface area contributed by atoms with E-state index in [-0.39, 0.29) is 18.1 Å². The lowest BCUT2D eigenvalue weighted by atomic mass is 9.98. The topological polar surface area (TPSA) is 125 Å². The predicted molar refractivity (Wildman–Crippen MR) is 128 cm³/mol. The van der Waals surface area contributed by atoms with Crippen LogP contribution < -0.4 is 10.6 Å². The molecular weight excluding hydrogens is 438 g/mol. The summed E-state index contributed by atoms with van der Waals surface area (Å²) in [7, 11) is 1.49. The Morgan fingerprint density at radius 3 is 2.21 bits per heavy atom. The van der Waals surface area contributed by atoms with Gasteiger partial charge in [-0.25, -0.2) is 9.59 Å². The Morgan fingerprint density at radius 2 is 1.62 bits per heavy atom. The van der Waals surface area contributed by atoms with E-state index < -0.39 is 12.0 Å². The van der Waals surface area contributed by atoms with Gasteiger partial charge in [-0.15, -0.1) is 0 Å². The molecule has 0 aromatic heterocycles. The Balaban J connectivity index is 1.68. The first kappa shape index (κ1) is 26.5. The number of aryl methyl sites for hydroxylation is 2. The zero-order chi connectivity index (χ0) is 24.8. The van der Waals surface area contributed by atoms with E-state index in [9.17, 15) is 19.2 Å². The molecular formula is C25H31N3O6. The SMILES string of the molecule is CNC(=O)N(C=O)CCCCc1ccccc1CCCOCC(=O)Nc1ccc(C(=O)O)cc1. The van der Waals surface area contributed by atoms with Crippen LogP contribution in [0.25, 0.3) is 0 Å². The number of rotatable bonds is 14. The number of anilines is 1. The van der Waals surface area contributed by atoms with Crippen molar-refractivity contribution in [3.05, 3.63) is 65.2 Å². The Kier molecular flexibility index (Phi) is 11.3. The highest BCUT2D eigenvalue weighted by atomic mass is 16.5. The van der Waals surface area contributed by atoms with E-state index in [1.54, 1.807) is 0 Å². The molecule has 34 heavy (non-hydrogen) atoms. The maximum Gasteiger partial charge on any atom is 0.335 e. The minimum atomic E-state index is -1.02.